The second kappa shape index (κ2) is 11.5. The number of hydrogen-bond donors (Lipinski definition) is 0. The molecule has 0 N–H and O–H groups in total. The van der Waals surface area contributed by atoms with E-state index in [0.29, 0.717) is 5.82 Å². The topological polar surface area (TPSA) is 25.8 Å². The van der Waals surface area contributed by atoms with Gasteiger partial charge in [0.25, 0.3) is 0 Å². The molecule has 2 nitrogen and oxygen atoms in total. The van der Waals surface area contributed by atoms with Crippen molar-refractivity contribution in [3.8, 4) is 56.2 Å². The van der Waals surface area contributed by atoms with E-state index in [1.165, 1.54) is 43.2 Å². The summed E-state index contributed by atoms with van der Waals surface area (Å²) in [4.78, 5) is 13.0. The van der Waals surface area contributed by atoms with Crippen molar-refractivity contribution in [1.82, 2.24) is 9.97 Å². The van der Waals surface area contributed by atoms with Crippen LogP contribution in [0.5, 0.6) is 0 Å². The molecule has 3 heteroatoms. The van der Waals surface area contributed by atoms with E-state index in [-0.39, 0.29) is 0 Å². The first kappa shape index (κ1) is 28.9. The van der Waals surface area contributed by atoms with E-state index in [0.717, 1.165) is 39.2 Å². The first-order valence-corrected chi connectivity index (χ1v) is 17.8. The van der Waals surface area contributed by atoms with Crippen LogP contribution >= 0.6 is 11.8 Å². The first-order valence-electron chi connectivity index (χ1n) is 17.0. The molecule has 0 atom stereocenters. The van der Waals surface area contributed by atoms with Crippen molar-refractivity contribution in [2.24, 2.45) is 0 Å². The number of benzene rings is 7. The molecule has 50 heavy (non-hydrogen) atoms. The van der Waals surface area contributed by atoms with Gasteiger partial charge in [-0.25, -0.2) is 9.97 Å². The predicted octanol–water partition coefficient (Wildman–Crippen LogP) is 12.0. The van der Waals surface area contributed by atoms with Crippen LogP contribution in [-0.2, 0) is 5.41 Å². The largest absolute Gasteiger partial charge is 0.228 e. The standard InChI is InChI=1S/C47H30N2S/c1-3-15-31(16-4-1)42-30-43(32-17-5-2-6-18-32)49-46(48-42)37-22-8-7-19-34(37)33-27-28-45-41(29-33)47(40-25-13-14-26-44(40)50-45)38-23-11-9-20-35(38)36-21-10-12-24-39(36)47/h1-30H. The van der Waals surface area contributed by atoms with Crippen molar-refractivity contribution in [3.05, 3.63) is 204 Å². The van der Waals surface area contributed by atoms with Gasteiger partial charge in [0, 0.05) is 26.5 Å². The summed E-state index contributed by atoms with van der Waals surface area (Å²) in [6.07, 6.45) is 0. The molecule has 7 aromatic carbocycles. The Morgan fingerprint density at radius 1 is 0.340 bits per heavy atom. The smallest absolute Gasteiger partial charge is 0.161 e. The third-order valence-corrected chi connectivity index (χ3v) is 11.3. The lowest BCUT2D eigenvalue weighted by atomic mass is 9.67. The van der Waals surface area contributed by atoms with E-state index in [4.69, 9.17) is 9.97 Å². The molecule has 1 aliphatic carbocycles. The summed E-state index contributed by atoms with van der Waals surface area (Å²) >= 11 is 1.87. The van der Waals surface area contributed by atoms with Gasteiger partial charge in [-0.15, -0.1) is 0 Å². The third-order valence-electron chi connectivity index (χ3n) is 10.2. The highest BCUT2D eigenvalue weighted by Gasteiger charge is 2.50. The van der Waals surface area contributed by atoms with Crippen LogP contribution in [-0.4, -0.2) is 9.97 Å². The van der Waals surface area contributed by atoms with Crippen molar-refractivity contribution in [1.29, 1.82) is 0 Å². The molecule has 0 amide bonds. The zero-order chi connectivity index (χ0) is 33.1. The Bertz CT molecular complexity index is 2470. The van der Waals surface area contributed by atoms with Crippen LogP contribution in [0.15, 0.2) is 192 Å². The SMILES string of the molecule is c1ccc(-c2cc(-c3ccccc3)nc(-c3ccccc3-c3ccc4c(c3)C3(c5ccccc5S4)c4ccccc4-c4ccccc43)n2)cc1. The van der Waals surface area contributed by atoms with Gasteiger partial charge in [-0.3, -0.25) is 0 Å². The fraction of sp³-hybridized carbons (Fsp3) is 0.0213. The minimum absolute atomic E-state index is 0.431. The highest BCUT2D eigenvalue weighted by Crippen LogP contribution is 2.62. The molecule has 1 aliphatic heterocycles. The second-order valence-electron chi connectivity index (χ2n) is 12.9. The molecule has 2 heterocycles. The normalized spacial score (nSPS) is 13.3. The molecule has 10 rings (SSSR count). The predicted molar refractivity (Wildman–Crippen MR) is 205 cm³/mol. The van der Waals surface area contributed by atoms with Crippen LogP contribution in [0.1, 0.15) is 22.3 Å². The maximum atomic E-state index is 5.22. The van der Waals surface area contributed by atoms with Crippen LogP contribution in [0.3, 0.4) is 0 Å². The molecular weight excluding hydrogens is 625 g/mol. The number of fused-ring (bicyclic) bond motifs is 9. The molecule has 0 saturated heterocycles. The van der Waals surface area contributed by atoms with Crippen molar-refractivity contribution in [2.75, 3.05) is 0 Å². The lowest BCUT2D eigenvalue weighted by Crippen LogP contribution is -2.32. The zero-order valence-electron chi connectivity index (χ0n) is 27.1. The van der Waals surface area contributed by atoms with Gasteiger partial charge in [-0.1, -0.05) is 169 Å². The molecule has 1 aromatic heterocycles. The fourth-order valence-corrected chi connectivity index (χ4v) is 9.21. The van der Waals surface area contributed by atoms with Crippen molar-refractivity contribution >= 4 is 11.8 Å². The lowest BCUT2D eigenvalue weighted by molar-refractivity contribution is 0.723. The maximum absolute atomic E-state index is 5.22. The summed E-state index contributed by atoms with van der Waals surface area (Å²) in [6, 6.07) is 65.4. The van der Waals surface area contributed by atoms with Gasteiger partial charge >= 0.3 is 0 Å². The Kier molecular flexibility index (Phi) is 6.68. The van der Waals surface area contributed by atoms with Crippen LogP contribution in [0, 0.1) is 0 Å². The van der Waals surface area contributed by atoms with E-state index in [9.17, 15) is 0 Å². The number of hydrogen-bond acceptors (Lipinski definition) is 3. The first-order chi connectivity index (χ1) is 24.8. The van der Waals surface area contributed by atoms with Gasteiger partial charge in [0.15, 0.2) is 5.82 Å². The van der Waals surface area contributed by atoms with Gasteiger partial charge in [0.2, 0.25) is 0 Å². The van der Waals surface area contributed by atoms with Gasteiger partial charge in [0.1, 0.15) is 0 Å². The molecule has 234 valence electrons. The summed E-state index contributed by atoms with van der Waals surface area (Å²) in [5, 5.41) is 0. The van der Waals surface area contributed by atoms with Crippen LogP contribution in [0.2, 0.25) is 0 Å². The summed E-state index contributed by atoms with van der Waals surface area (Å²) in [5.41, 5.74) is 14.7. The second-order valence-corrected chi connectivity index (χ2v) is 14.0. The summed E-state index contributed by atoms with van der Waals surface area (Å²) in [5.74, 6) is 0.713. The zero-order valence-corrected chi connectivity index (χ0v) is 27.9. The Morgan fingerprint density at radius 3 is 1.44 bits per heavy atom. The van der Waals surface area contributed by atoms with Crippen LogP contribution in [0.4, 0.5) is 0 Å². The van der Waals surface area contributed by atoms with E-state index in [1.54, 1.807) is 0 Å². The molecule has 0 fully saturated rings. The van der Waals surface area contributed by atoms with Crippen molar-refractivity contribution < 1.29 is 0 Å². The van der Waals surface area contributed by atoms with Crippen molar-refractivity contribution in [2.45, 2.75) is 15.2 Å². The number of aromatic nitrogens is 2. The van der Waals surface area contributed by atoms with Crippen LogP contribution in [0.25, 0.3) is 56.2 Å². The fourth-order valence-electron chi connectivity index (χ4n) is 8.04. The average molecular weight is 655 g/mol. The van der Waals surface area contributed by atoms with E-state index in [2.05, 4.69) is 170 Å². The Balaban J connectivity index is 1.21. The Morgan fingerprint density at radius 2 is 0.820 bits per heavy atom. The molecule has 0 bridgehead atoms. The lowest BCUT2D eigenvalue weighted by Gasteiger charge is -2.40. The Labute approximate surface area is 296 Å². The van der Waals surface area contributed by atoms with E-state index >= 15 is 0 Å². The molecule has 1 spiro atoms. The minimum atomic E-state index is -0.431. The van der Waals surface area contributed by atoms with Crippen molar-refractivity contribution in [3.63, 3.8) is 0 Å². The van der Waals surface area contributed by atoms with E-state index < -0.39 is 5.41 Å². The maximum Gasteiger partial charge on any atom is 0.161 e. The molecule has 2 aliphatic rings. The summed E-state index contributed by atoms with van der Waals surface area (Å²) in [6.45, 7) is 0. The average Bonchev–Trinajstić information content (AvgIpc) is 3.49. The highest BCUT2D eigenvalue weighted by molar-refractivity contribution is 7.99. The Hall–Kier alpha value is -6.03. The summed E-state index contributed by atoms with van der Waals surface area (Å²) < 4.78 is 0. The summed E-state index contributed by atoms with van der Waals surface area (Å²) in [7, 11) is 0. The molecule has 0 saturated carbocycles. The molecule has 8 aromatic rings. The molecule has 0 unspecified atom stereocenters. The monoisotopic (exact) mass is 654 g/mol. The molecular formula is C47H30N2S. The van der Waals surface area contributed by atoms with Gasteiger partial charge in [0.05, 0.1) is 16.8 Å². The van der Waals surface area contributed by atoms with Gasteiger partial charge < -0.3 is 0 Å². The van der Waals surface area contributed by atoms with Gasteiger partial charge in [-0.05, 0) is 68.8 Å². The van der Waals surface area contributed by atoms with Crippen LogP contribution < -0.4 is 0 Å². The van der Waals surface area contributed by atoms with Gasteiger partial charge in [-0.2, -0.15) is 0 Å². The highest BCUT2D eigenvalue weighted by atomic mass is 32.2. The third kappa shape index (κ3) is 4.37. The van der Waals surface area contributed by atoms with E-state index in [1.807, 2.05) is 23.9 Å². The number of nitrogens with zero attached hydrogens (tertiary/aromatic N) is 2. The quantitative estimate of drug-likeness (QED) is 0.189. The number of rotatable bonds is 4. The minimum Gasteiger partial charge on any atom is -0.228 e. The molecule has 0 radical (unpaired) electrons.